The topological polar surface area (TPSA) is 59.7 Å². The van der Waals surface area contributed by atoms with Crippen LogP contribution < -0.4 is 4.90 Å². The number of fused-ring (bicyclic) bond motifs is 3. The zero-order valence-electron chi connectivity index (χ0n) is 13.8. The minimum atomic E-state index is -0.356. The Morgan fingerprint density at radius 1 is 1.36 bits per heavy atom. The first-order valence-corrected chi connectivity index (χ1v) is 7.64. The molecular weight excluding hydrogens is 280 g/mol. The highest BCUT2D eigenvalue weighted by Gasteiger charge is 2.35. The number of aromatic nitrogens is 3. The summed E-state index contributed by atoms with van der Waals surface area (Å²) < 4.78 is 7.18. The summed E-state index contributed by atoms with van der Waals surface area (Å²) in [6, 6.07) is 1.81. The lowest BCUT2D eigenvalue weighted by Crippen LogP contribution is -2.41. The minimum absolute atomic E-state index is 0.0509. The molecule has 0 amide bonds. The van der Waals surface area contributed by atoms with Crippen molar-refractivity contribution in [2.24, 2.45) is 0 Å². The van der Waals surface area contributed by atoms with Gasteiger partial charge in [-0.05, 0) is 41.0 Å². The molecule has 0 spiro atoms. The molecule has 0 saturated heterocycles. The van der Waals surface area contributed by atoms with Gasteiger partial charge in [0.2, 0.25) is 0 Å². The summed E-state index contributed by atoms with van der Waals surface area (Å²) in [4.78, 5) is 19.2. The molecule has 22 heavy (non-hydrogen) atoms. The van der Waals surface area contributed by atoms with Crippen molar-refractivity contribution in [2.45, 2.75) is 52.7 Å². The van der Waals surface area contributed by atoms with Crippen LogP contribution in [0, 0.1) is 0 Å². The van der Waals surface area contributed by atoms with Crippen LogP contribution in [0.4, 0.5) is 5.82 Å². The number of carbonyl (C=O) groups is 1. The Bertz CT molecular complexity index is 728. The number of esters is 1. The molecule has 0 saturated carbocycles. The molecule has 6 heteroatoms. The molecule has 2 aromatic heterocycles. The predicted molar refractivity (Wildman–Crippen MR) is 84.3 cm³/mol. The number of hydrogen-bond acceptors (Lipinski definition) is 5. The van der Waals surface area contributed by atoms with E-state index in [4.69, 9.17) is 4.74 Å². The van der Waals surface area contributed by atoms with E-state index in [9.17, 15) is 4.79 Å². The van der Waals surface area contributed by atoms with Gasteiger partial charge in [-0.15, -0.1) is 0 Å². The van der Waals surface area contributed by atoms with E-state index in [2.05, 4.69) is 35.8 Å². The van der Waals surface area contributed by atoms with E-state index in [1.165, 1.54) is 0 Å². The fourth-order valence-corrected chi connectivity index (χ4v) is 2.89. The number of rotatable bonds is 2. The van der Waals surface area contributed by atoms with Crippen LogP contribution in [0.3, 0.4) is 0 Å². The van der Waals surface area contributed by atoms with Crippen LogP contribution in [-0.2, 0) is 11.2 Å². The number of hydrogen-bond donors (Lipinski definition) is 0. The van der Waals surface area contributed by atoms with Gasteiger partial charge in [0.25, 0.3) is 0 Å². The second kappa shape index (κ2) is 4.97. The quantitative estimate of drug-likeness (QED) is 0.798. The van der Waals surface area contributed by atoms with Gasteiger partial charge in [-0.3, -0.25) is 0 Å². The number of carbonyl (C=O) groups excluding carboxylic acids is 1. The zero-order valence-corrected chi connectivity index (χ0v) is 13.8. The largest absolute Gasteiger partial charge is 0.458 e. The summed E-state index contributed by atoms with van der Waals surface area (Å²) >= 11 is 0. The molecule has 0 N–H and O–H groups in total. The summed E-state index contributed by atoms with van der Waals surface area (Å²) in [6.07, 6.45) is 2.32. The second-order valence-electron chi connectivity index (χ2n) is 6.89. The molecule has 6 nitrogen and oxygen atoms in total. The highest BCUT2D eigenvalue weighted by molar-refractivity contribution is 5.92. The first-order valence-electron chi connectivity index (χ1n) is 7.64. The lowest BCUT2D eigenvalue weighted by atomic mass is 10.1. The SMILES string of the molecule is CC(C)OC(=O)c1nc2ccnn2c2c1CCN2C(C)(C)C. The Labute approximate surface area is 130 Å². The summed E-state index contributed by atoms with van der Waals surface area (Å²) in [5.41, 5.74) is 1.97. The van der Waals surface area contributed by atoms with Crippen molar-refractivity contribution < 1.29 is 9.53 Å². The maximum atomic E-state index is 12.4. The molecule has 0 aromatic carbocycles. The third-order valence-electron chi connectivity index (χ3n) is 3.79. The van der Waals surface area contributed by atoms with Gasteiger partial charge in [0, 0.05) is 23.7 Å². The minimum Gasteiger partial charge on any atom is -0.458 e. The third-order valence-corrected chi connectivity index (χ3v) is 3.79. The van der Waals surface area contributed by atoms with Gasteiger partial charge in [-0.2, -0.15) is 9.61 Å². The van der Waals surface area contributed by atoms with E-state index in [0.717, 1.165) is 24.3 Å². The van der Waals surface area contributed by atoms with Crippen LogP contribution in [0.5, 0.6) is 0 Å². The van der Waals surface area contributed by atoms with Crippen molar-refractivity contribution in [2.75, 3.05) is 11.4 Å². The van der Waals surface area contributed by atoms with Gasteiger partial charge in [0.15, 0.2) is 11.3 Å². The first kappa shape index (κ1) is 14.8. The van der Waals surface area contributed by atoms with Crippen molar-refractivity contribution >= 4 is 17.4 Å². The van der Waals surface area contributed by atoms with Gasteiger partial charge < -0.3 is 9.64 Å². The van der Waals surface area contributed by atoms with Crippen molar-refractivity contribution in [1.82, 2.24) is 14.6 Å². The number of ether oxygens (including phenoxy) is 1. The fraction of sp³-hybridized carbons (Fsp3) is 0.562. The maximum absolute atomic E-state index is 12.4. The molecule has 0 radical (unpaired) electrons. The van der Waals surface area contributed by atoms with Crippen LogP contribution in [0.2, 0.25) is 0 Å². The summed E-state index contributed by atoms with van der Waals surface area (Å²) in [7, 11) is 0. The highest BCUT2D eigenvalue weighted by Crippen LogP contribution is 2.35. The van der Waals surface area contributed by atoms with E-state index < -0.39 is 0 Å². The molecule has 0 unspecified atom stereocenters. The molecular formula is C16H22N4O2. The summed E-state index contributed by atoms with van der Waals surface area (Å²) in [5, 5.41) is 4.38. The second-order valence-corrected chi connectivity index (χ2v) is 6.89. The molecule has 1 aliphatic heterocycles. The predicted octanol–water partition coefficient (Wildman–Crippen LogP) is 2.46. The van der Waals surface area contributed by atoms with Crippen molar-refractivity contribution in [1.29, 1.82) is 0 Å². The summed E-state index contributed by atoms with van der Waals surface area (Å²) in [5.74, 6) is 0.601. The molecule has 0 aliphatic carbocycles. The van der Waals surface area contributed by atoms with Crippen molar-refractivity contribution in [3.05, 3.63) is 23.5 Å². The van der Waals surface area contributed by atoms with Crippen LogP contribution in [0.25, 0.3) is 5.65 Å². The van der Waals surface area contributed by atoms with Crippen molar-refractivity contribution in [3.8, 4) is 0 Å². The Balaban J connectivity index is 2.19. The molecule has 0 bridgehead atoms. The smallest absolute Gasteiger partial charge is 0.357 e. The van der Waals surface area contributed by atoms with Crippen LogP contribution >= 0.6 is 0 Å². The van der Waals surface area contributed by atoms with E-state index >= 15 is 0 Å². The monoisotopic (exact) mass is 302 g/mol. The average molecular weight is 302 g/mol. The van der Waals surface area contributed by atoms with Gasteiger partial charge >= 0.3 is 5.97 Å². The van der Waals surface area contributed by atoms with Gasteiger partial charge in [0.05, 0.1) is 12.3 Å². The van der Waals surface area contributed by atoms with E-state index in [0.29, 0.717) is 11.3 Å². The van der Waals surface area contributed by atoms with Crippen LogP contribution in [0.1, 0.15) is 50.7 Å². The molecule has 3 heterocycles. The van der Waals surface area contributed by atoms with Gasteiger partial charge in [0.1, 0.15) is 5.82 Å². The van der Waals surface area contributed by atoms with E-state index in [1.54, 1.807) is 6.20 Å². The fourth-order valence-electron chi connectivity index (χ4n) is 2.89. The lowest BCUT2D eigenvalue weighted by molar-refractivity contribution is 0.0370. The molecule has 0 fully saturated rings. The Morgan fingerprint density at radius 3 is 2.73 bits per heavy atom. The lowest BCUT2D eigenvalue weighted by Gasteiger charge is -2.34. The molecule has 0 atom stereocenters. The van der Waals surface area contributed by atoms with Crippen LogP contribution in [-0.4, -0.2) is 38.8 Å². The van der Waals surface area contributed by atoms with Gasteiger partial charge in [-0.1, -0.05) is 0 Å². The molecule has 2 aromatic rings. The standard InChI is InChI=1S/C16H22N4O2/c1-10(2)22-15(21)13-11-7-9-19(16(3,4)5)14(11)20-12(18-13)6-8-17-20/h6,8,10H,7,9H2,1-5H3. The normalized spacial score (nSPS) is 14.7. The highest BCUT2D eigenvalue weighted by atomic mass is 16.5. The third kappa shape index (κ3) is 2.32. The van der Waals surface area contributed by atoms with Gasteiger partial charge in [-0.25, -0.2) is 9.78 Å². The maximum Gasteiger partial charge on any atom is 0.357 e. The summed E-state index contributed by atoms with van der Waals surface area (Å²) in [6.45, 7) is 11.0. The number of nitrogens with zero attached hydrogens (tertiary/aromatic N) is 4. The van der Waals surface area contributed by atoms with Crippen LogP contribution in [0.15, 0.2) is 12.3 Å². The Morgan fingerprint density at radius 2 is 2.09 bits per heavy atom. The zero-order chi connectivity index (χ0) is 16.1. The van der Waals surface area contributed by atoms with Crippen molar-refractivity contribution in [3.63, 3.8) is 0 Å². The first-order chi connectivity index (χ1) is 10.3. The van der Waals surface area contributed by atoms with E-state index in [1.807, 2.05) is 24.4 Å². The molecule has 3 rings (SSSR count). The number of anilines is 1. The Kier molecular flexibility index (Phi) is 3.34. The Hall–Kier alpha value is -2.11. The average Bonchev–Trinajstić information content (AvgIpc) is 3.01. The van der Waals surface area contributed by atoms with E-state index in [-0.39, 0.29) is 17.6 Å². The molecule has 118 valence electrons. The molecule has 1 aliphatic rings.